The summed E-state index contributed by atoms with van der Waals surface area (Å²) in [5, 5.41) is 12.5. The first-order valence-electron chi connectivity index (χ1n) is 4.76. The van der Waals surface area contributed by atoms with Gasteiger partial charge in [0.25, 0.3) is 0 Å². The number of halogens is 2. The van der Waals surface area contributed by atoms with Crippen molar-refractivity contribution < 1.29 is 14.0 Å². The maximum Gasteiger partial charge on any atom is 0.246 e. The molecule has 90 valence electrons. The Morgan fingerprint density at radius 1 is 1.47 bits per heavy atom. The van der Waals surface area contributed by atoms with Gasteiger partial charge in [-0.1, -0.05) is 21.1 Å². The monoisotopic (exact) mass is 301 g/mol. The Hall–Kier alpha value is -1.31. The van der Waals surface area contributed by atoms with Gasteiger partial charge in [0.15, 0.2) is 0 Å². The van der Waals surface area contributed by atoms with Gasteiger partial charge in [0.2, 0.25) is 11.7 Å². The van der Waals surface area contributed by atoms with Crippen molar-refractivity contribution in [3.8, 4) is 11.4 Å². The van der Waals surface area contributed by atoms with Crippen molar-refractivity contribution in [1.29, 1.82) is 0 Å². The van der Waals surface area contributed by atoms with Crippen LogP contribution >= 0.6 is 15.9 Å². The molecule has 0 aliphatic carbocycles. The fourth-order valence-corrected chi connectivity index (χ4v) is 1.73. The molecular weight excluding hydrogens is 293 g/mol. The first-order chi connectivity index (χ1) is 8.10. The average molecular weight is 302 g/mol. The zero-order valence-electron chi connectivity index (χ0n) is 8.60. The van der Waals surface area contributed by atoms with E-state index in [4.69, 9.17) is 15.4 Å². The zero-order chi connectivity index (χ0) is 12.4. The summed E-state index contributed by atoms with van der Waals surface area (Å²) in [6.07, 6.45) is 0. The van der Waals surface area contributed by atoms with Crippen LogP contribution in [0.4, 0.5) is 4.39 Å². The summed E-state index contributed by atoms with van der Waals surface area (Å²) < 4.78 is 18.6. The van der Waals surface area contributed by atoms with E-state index in [1.165, 1.54) is 12.1 Å². The van der Waals surface area contributed by atoms with Crippen molar-refractivity contribution in [2.45, 2.75) is 6.04 Å². The number of aliphatic hydroxyl groups excluding tert-OH is 1. The molecule has 0 saturated carbocycles. The first kappa shape index (κ1) is 12.2. The quantitative estimate of drug-likeness (QED) is 0.900. The van der Waals surface area contributed by atoms with Gasteiger partial charge in [0, 0.05) is 10.0 Å². The van der Waals surface area contributed by atoms with Crippen LogP contribution in [-0.2, 0) is 0 Å². The highest BCUT2D eigenvalue weighted by molar-refractivity contribution is 9.10. The lowest BCUT2D eigenvalue weighted by Crippen LogP contribution is -2.14. The van der Waals surface area contributed by atoms with Gasteiger partial charge in [-0.2, -0.15) is 4.98 Å². The molecule has 0 saturated heterocycles. The van der Waals surface area contributed by atoms with Crippen LogP contribution in [0.1, 0.15) is 11.9 Å². The van der Waals surface area contributed by atoms with Gasteiger partial charge in [-0.3, -0.25) is 0 Å². The number of hydrogen-bond acceptors (Lipinski definition) is 5. The lowest BCUT2D eigenvalue weighted by Gasteiger charge is -1.99. The largest absolute Gasteiger partial charge is 0.394 e. The first-order valence-corrected chi connectivity index (χ1v) is 5.56. The summed E-state index contributed by atoms with van der Waals surface area (Å²) in [7, 11) is 0. The molecule has 1 heterocycles. The second-order valence-corrected chi connectivity index (χ2v) is 4.32. The molecule has 0 amide bonds. The van der Waals surface area contributed by atoms with Gasteiger partial charge in [0.1, 0.15) is 11.9 Å². The third-order valence-electron chi connectivity index (χ3n) is 2.08. The van der Waals surface area contributed by atoms with Crippen LogP contribution in [0.5, 0.6) is 0 Å². The van der Waals surface area contributed by atoms with Crippen molar-refractivity contribution in [3.63, 3.8) is 0 Å². The number of benzene rings is 1. The predicted molar refractivity (Wildman–Crippen MR) is 61.4 cm³/mol. The molecule has 2 rings (SSSR count). The van der Waals surface area contributed by atoms with E-state index in [1.54, 1.807) is 6.07 Å². The molecule has 0 fully saturated rings. The number of nitrogens with zero attached hydrogens (tertiary/aromatic N) is 2. The molecule has 2 aromatic rings. The smallest absolute Gasteiger partial charge is 0.246 e. The molecule has 0 bridgehead atoms. The van der Waals surface area contributed by atoms with Crippen molar-refractivity contribution in [2.75, 3.05) is 6.61 Å². The Labute approximate surface area is 105 Å². The molecule has 0 radical (unpaired) electrons. The average Bonchev–Trinajstić information content (AvgIpc) is 2.76. The van der Waals surface area contributed by atoms with E-state index in [2.05, 4.69) is 26.1 Å². The third-order valence-corrected chi connectivity index (χ3v) is 2.53. The fraction of sp³-hybridized carbons (Fsp3) is 0.200. The number of aliphatic hydroxyl groups is 1. The van der Waals surface area contributed by atoms with Crippen molar-refractivity contribution >= 4 is 15.9 Å². The predicted octanol–water partition coefficient (Wildman–Crippen LogP) is 1.63. The zero-order valence-corrected chi connectivity index (χ0v) is 10.2. The van der Waals surface area contributed by atoms with Gasteiger partial charge >= 0.3 is 0 Å². The van der Waals surface area contributed by atoms with Gasteiger partial charge in [-0.05, 0) is 18.2 Å². The van der Waals surface area contributed by atoms with Crippen LogP contribution in [0.15, 0.2) is 27.2 Å². The van der Waals surface area contributed by atoms with E-state index in [-0.39, 0.29) is 18.3 Å². The SMILES string of the molecule is NC(CO)c1nc(-c2cc(F)cc(Br)c2)no1. The molecule has 1 atom stereocenters. The molecule has 7 heteroatoms. The van der Waals surface area contributed by atoms with Gasteiger partial charge in [-0.15, -0.1) is 0 Å². The Bertz CT molecular complexity index is 512. The molecule has 0 aliphatic rings. The van der Waals surface area contributed by atoms with Gasteiger partial charge < -0.3 is 15.4 Å². The van der Waals surface area contributed by atoms with Crippen LogP contribution < -0.4 is 5.73 Å². The highest BCUT2D eigenvalue weighted by Gasteiger charge is 2.15. The van der Waals surface area contributed by atoms with Crippen LogP contribution in [0.2, 0.25) is 0 Å². The second-order valence-electron chi connectivity index (χ2n) is 3.40. The second kappa shape index (κ2) is 4.91. The summed E-state index contributed by atoms with van der Waals surface area (Å²) in [4.78, 5) is 3.98. The van der Waals surface area contributed by atoms with Gasteiger partial charge in [-0.25, -0.2) is 4.39 Å². The van der Waals surface area contributed by atoms with Crippen molar-refractivity contribution in [2.24, 2.45) is 5.73 Å². The Morgan fingerprint density at radius 3 is 2.88 bits per heavy atom. The summed E-state index contributed by atoms with van der Waals surface area (Å²) in [5.41, 5.74) is 5.99. The number of aromatic nitrogens is 2. The molecule has 0 spiro atoms. The van der Waals surface area contributed by atoms with Crippen molar-refractivity contribution in [1.82, 2.24) is 10.1 Å². The molecule has 0 aliphatic heterocycles. The van der Waals surface area contributed by atoms with E-state index >= 15 is 0 Å². The standard InChI is InChI=1S/C10H9BrFN3O2/c11-6-1-5(2-7(12)3-6)9-14-10(17-15-9)8(13)4-16/h1-3,8,16H,4,13H2. The van der Waals surface area contributed by atoms with E-state index in [9.17, 15) is 4.39 Å². The van der Waals surface area contributed by atoms with Gasteiger partial charge in [0.05, 0.1) is 6.61 Å². The minimum atomic E-state index is -0.728. The van der Waals surface area contributed by atoms with Crippen LogP contribution in [-0.4, -0.2) is 21.9 Å². The van der Waals surface area contributed by atoms with E-state index in [0.29, 0.717) is 10.0 Å². The molecule has 5 nitrogen and oxygen atoms in total. The minimum Gasteiger partial charge on any atom is -0.394 e. The molecule has 3 N–H and O–H groups in total. The molecule has 1 aromatic heterocycles. The highest BCUT2D eigenvalue weighted by atomic mass is 79.9. The highest BCUT2D eigenvalue weighted by Crippen LogP contribution is 2.23. The lowest BCUT2D eigenvalue weighted by molar-refractivity contribution is 0.237. The van der Waals surface area contributed by atoms with E-state index in [0.717, 1.165) is 0 Å². The fourth-order valence-electron chi connectivity index (χ4n) is 1.26. The third kappa shape index (κ3) is 2.68. The van der Waals surface area contributed by atoms with Crippen molar-refractivity contribution in [3.05, 3.63) is 34.4 Å². The summed E-state index contributed by atoms with van der Waals surface area (Å²) in [6, 6.07) is 3.53. The van der Waals surface area contributed by atoms with Crippen LogP contribution in [0.25, 0.3) is 11.4 Å². The topological polar surface area (TPSA) is 85.2 Å². The summed E-state index contributed by atoms with van der Waals surface area (Å²) in [6.45, 7) is -0.297. The van der Waals surface area contributed by atoms with E-state index < -0.39 is 11.9 Å². The normalized spacial score (nSPS) is 12.7. The van der Waals surface area contributed by atoms with Crippen LogP contribution in [0.3, 0.4) is 0 Å². The Balaban J connectivity index is 2.36. The number of hydrogen-bond donors (Lipinski definition) is 2. The maximum absolute atomic E-state index is 13.2. The molecule has 1 aromatic carbocycles. The molecular formula is C10H9BrFN3O2. The summed E-state index contributed by atoms with van der Waals surface area (Å²) in [5.74, 6) is -0.0702. The van der Waals surface area contributed by atoms with E-state index in [1.807, 2.05) is 0 Å². The maximum atomic E-state index is 13.2. The number of rotatable bonds is 3. The Kier molecular flexibility index (Phi) is 3.51. The number of nitrogens with two attached hydrogens (primary N) is 1. The minimum absolute atomic E-state index is 0.114. The lowest BCUT2D eigenvalue weighted by atomic mass is 10.2. The Morgan fingerprint density at radius 2 is 2.24 bits per heavy atom. The van der Waals surface area contributed by atoms with Crippen LogP contribution in [0, 0.1) is 5.82 Å². The molecule has 17 heavy (non-hydrogen) atoms. The summed E-state index contributed by atoms with van der Waals surface area (Å²) >= 11 is 3.17. The molecule has 1 unspecified atom stereocenters.